The Balaban J connectivity index is 2.96. The second-order valence-corrected chi connectivity index (χ2v) is 6.52. The van der Waals surface area contributed by atoms with Crippen LogP contribution in [0.25, 0.3) is 0 Å². The Morgan fingerprint density at radius 1 is 1.56 bits per heavy atom. The average molecular weight is 330 g/mol. The highest BCUT2D eigenvalue weighted by Gasteiger charge is 2.13. The molecule has 16 heavy (non-hydrogen) atoms. The second-order valence-electron chi connectivity index (χ2n) is 2.84. The fraction of sp³-hybridized carbons (Fsp3) is 0.111. The lowest BCUT2D eigenvalue weighted by Gasteiger charge is -2.06. The van der Waals surface area contributed by atoms with Crippen molar-refractivity contribution >= 4 is 35.7 Å². The van der Waals surface area contributed by atoms with E-state index in [1.54, 1.807) is 0 Å². The molecule has 0 aromatic heterocycles. The molecular weight excluding hydrogens is 323 g/mol. The van der Waals surface area contributed by atoms with Crippen molar-refractivity contribution in [3.05, 3.63) is 35.1 Å². The van der Waals surface area contributed by atoms with Crippen molar-refractivity contribution in [2.75, 3.05) is 6.61 Å². The summed E-state index contributed by atoms with van der Waals surface area (Å²) < 4.78 is 40.7. The molecule has 1 aromatic rings. The van der Waals surface area contributed by atoms with Crippen LogP contribution in [0, 0.1) is 5.82 Å². The highest BCUT2D eigenvalue weighted by Crippen LogP contribution is 2.23. The third kappa shape index (κ3) is 3.77. The van der Waals surface area contributed by atoms with Crippen molar-refractivity contribution in [3.63, 3.8) is 0 Å². The van der Waals surface area contributed by atoms with Gasteiger partial charge in [-0.05, 0) is 18.2 Å². The van der Waals surface area contributed by atoms with Crippen molar-refractivity contribution in [1.29, 1.82) is 0 Å². The van der Waals surface area contributed by atoms with Crippen LogP contribution in [0.15, 0.2) is 34.2 Å². The standard InChI is InChI=1S/C9H7BrClFO3S/c1-6(10)5-15-9-3-2-7(4-8(9)12)16(11,13)14/h2-4H,1,5H2. The third-order valence-electron chi connectivity index (χ3n) is 1.57. The summed E-state index contributed by atoms with van der Waals surface area (Å²) in [6.45, 7) is 3.60. The summed E-state index contributed by atoms with van der Waals surface area (Å²) in [6, 6.07) is 3.16. The Kier molecular flexibility index (Phi) is 4.35. The first-order chi connectivity index (χ1) is 7.30. The molecular formula is C9H7BrClFO3S. The lowest BCUT2D eigenvalue weighted by atomic mass is 10.3. The number of benzene rings is 1. The van der Waals surface area contributed by atoms with E-state index in [1.807, 2.05) is 0 Å². The van der Waals surface area contributed by atoms with E-state index in [0.29, 0.717) is 4.48 Å². The number of halogens is 3. The summed E-state index contributed by atoms with van der Waals surface area (Å²) in [7, 11) is 1.13. The Labute approximate surface area is 105 Å². The van der Waals surface area contributed by atoms with Gasteiger partial charge in [-0.2, -0.15) is 0 Å². The van der Waals surface area contributed by atoms with Gasteiger partial charge in [-0.25, -0.2) is 12.8 Å². The third-order valence-corrected chi connectivity index (χ3v) is 3.15. The minimum Gasteiger partial charge on any atom is -0.485 e. The molecule has 0 radical (unpaired) electrons. The van der Waals surface area contributed by atoms with E-state index < -0.39 is 14.9 Å². The first kappa shape index (κ1) is 13.5. The molecule has 7 heteroatoms. The fourth-order valence-electron chi connectivity index (χ4n) is 0.906. The second kappa shape index (κ2) is 5.16. The maximum Gasteiger partial charge on any atom is 0.261 e. The quantitative estimate of drug-likeness (QED) is 0.798. The van der Waals surface area contributed by atoms with Gasteiger partial charge in [0, 0.05) is 15.2 Å². The first-order valence-electron chi connectivity index (χ1n) is 4.01. The zero-order chi connectivity index (χ0) is 12.3. The predicted octanol–water partition coefficient (Wildman–Crippen LogP) is 3.04. The number of hydrogen-bond acceptors (Lipinski definition) is 3. The predicted molar refractivity (Wildman–Crippen MR) is 63.0 cm³/mol. The first-order valence-corrected chi connectivity index (χ1v) is 7.11. The lowest BCUT2D eigenvalue weighted by molar-refractivity contribution is 0.339. The smallest absolute Gasteiger partial charge is 0.261 e. The molecule has 0 aliphatic carbocycles. The normalized spacial score (nSPS) is 11.2. The Morgan fingerprint density at radius 3 is 2.62 bits per heavy atom. The van der Waals surface area contributed by atoms with Gasteiger partial charge >= 0.3 is 0 Å². The van der Waals surface area contributed by atoms with Gasteiger partial charge in [0.25, 0.3) is 9.05 Å². The van der Waals surface area contributed by atoms with Crippen LogP contribution < -0.4 is 4.74 Å². The van der Waals surface area contributed by atoms with Gasteiger partial charge in [-0.1, -0.05) is 22.5 Å². The summed E-state index contributed by atoms with van der Waals surface area (Å²) in [5, 5.41) is 0. The molecule has 0 fully saturated rings. The number of ether oxygens (including phenoxy) is 1. The number of hydrogen-bond donors (Lipinski definition) is 0. The van der Waals surface area contributed by atoms with Gasteiger partial charge in [0.15, 0.2) is 11.6 Å². The van der Waals surface area contributed by atoms with Crippen LogP contribution in [0.5, 0.6) is 5.75 Å². The van der Waals surface area contributed by atoms with Crippen LogP contribution in [-0.4, -0.2) is 15.0 Å². The van der Waals surface area contributed by atoms with Crippen molar-refractivity contribution in [2.24, 2.45) is 0 Å². The molecule has 0 amide bonds. The Hall–Kier alpha value is -0.590. The van der Waals surface area contributed by atoms with Crippen LogP contribution in [0.4, 0.5) is 4.39 Å². The largest absolute Gasteiger partial charge is 0.485 e. The van der Waals surface area contributed by atoms with Crippen LogP contribution in [0.3, 0.4) is 0 Å². The lowest BCUT2D eigenvalue weighted by Crippen LogP contribution is -1.99. The van der Waals surface area contributed by atoms with Crippen molar-refractivity contribution in [2.45, 2.75) is 4.90 Å². The summed E-state index contributed by atoms with van der Waals surface area (Å²) in [5.74, 6) is -0.861. The summed E-state index contributed by atoms with van der Waals surface area (Å²) in [6.07, 6.45) is 0. The zero-order valence-electron chi connectivity index (χ0n) is 7.91. The minimum absolute atomic E-state index is 0.0651. The molecule has 0 heterocycles. The van der Waals surface area contributed by atoms with Crippen molar-refractivity contribution < 1.29 is 17.5 Å². The molecule has 0 bridgehead atoms. The van der Waals surface area contributed by atoms with E-state index in [-0.39, 0.29) is 17.3 Å². The SMILES string of the molecule is C=C(Br)COc1ccc(S(=O)(=O)Cl)cc1F. The molecule has 1 rings (SSSR count). The molecule has 0 atom stereocenters. The number of rotatable bonds is 4. The Bertz CT molecular complexity index is 515. The molecule has 0 N–H and O–H groups in total. The van der Waals surface area contributed by atoms with Crippen LogP contribution in [-0.2, 0) is 9.05 Å². The summed E-state index contributed by atoms with van der Waals surface area (Å²) >= 11 is 3.04. The van der Waals surface area contributed by atoms with Gasteiger partial charge < -0.3 is 4.74 Å². The van der Waals surface area contributed by atoms with Crippen LogP contribution in [0.1, 0.15) is 0 Å². The monoisotopic (exact) mass is 328 g/mol. The van der Waals surface area contributed by atoms with Gasteiger partial charge in [0.05, 0.1) is 4.90 Å². The molecule has 3 nitrogen and oxygen atoms in total. The topological polar surface area (TPSA) is 43.4 Å². The zero-order valence-corrected chi connectivity index (χ0v) is 11.1. The molecule has 0 saturated carbocycles. The van der Waals surface area contributed by atoms with E-state index >= 15 is 0 Å². The van der Waals surface area contributed by atoms with Gasteiger partial charge in [0.2, 0.25) is 0 Å². The van der Waals surface area contributed by atoms with Crippen LogP contribution in [0.2, 0.25) is 0 Å². The maximum absolute atomic E-state index is 13.3. The fourth-order valence-corrected chi connectivity index (χ4v) is 1.78. The van der Waals surface area contributed by atoms with Crippen LogP contribution >= 0.6 is 26.6 Å². The van der Waals surface area contributed by atoms with Gasteiger partial charge in [-0.15, -0.1) is 0 Å². The van der Waals surface area contributed by atoms with E-state index in [0.717, 1.165) is 12.1 Å². The average Bonchev–Trinajstić information content (AvgIpc) is 2.14. The molecule has 88 valence electrons. The highest BCUT2D eigenvalue weighted by molar-refractivity contribution is 9.11. The molecule has 0 saturated heterocycles. The maximum atomic E-state index is 13.3. The van der Waals surface area contributed by atoms with Crippen molar-refractivity contribution in [1.82, 2.24) is 0 Å². The van der Waals surface area contributed by atoms with E-state index in [2.05, 4.69) is 22.5 Å². The minimum atomic E-state index is -3.92. The van der Waals surface area contributed by atoms with E-state index in [4.69, 9.17) is 15.4 Å². The Morgan fingerprint density at radius 2 is 2.19 bits per heavy atom. The molecule has 0 aliphatic rings. The molecule has 0 unspecified atom stereocenters. The van der Waals surface area contributed by atoms with Gasteiger partial charge in [-0.3, -0.25) is 0 Å². The van der Waals surface area contributed by atoms with Gasteiger partial charge in [0.1, 0.15) is 6.61 Å². The molecule has 1 aromatic carbocycles. The summed E-state index contributed by atoms with van der Waals surface area (Å²) in [5.41, 5.74) is 0. The molecule has 0 aliphatic heterocycles. The summed E-state index contributed by atoms with van der Waals surface area (Å²) in [4.78, 5) is -0.309. The van der Waals surface area contributed by atoms with E-state index in [9.17, 15) is 12.8 Å². The molecule has 0 spiro atoms. The highest BCUT2D eigenvalue weighted by atomic mass is 79.9. The van der Waals surface area contributed by atoms with E-state index in [1.165, 1.54) is 6.07 Å². The van der Waals surface area contributed by atoms with Crippen molar-refractivity contribution in [3.8, 4) is 5.75 Å².